The van der Waals surface area contributed by atoms with Crippen molar-refractivity contribution in [3.05, 3.63) is 5.89 Å². The molecule has 0 saturated heterocycles. The van der Waals surface area contributed by atoms with Gasteiger partial charge in [0.15, 0.2) is 0 Å². The van der Waals surface area contributed by atoms with Crippen molar-refractivity contribution in [3.8, 4) is 0 Å². The summed E-state index contributed by atoms with van der Waals surface area (Å²) in [6.07, 6.45) is 1.12. The maximum Gasteiger partial charge on any atom is 0.317 e. The van der Waals surface area contributed by atoms with Crippen LogP contribution in [0.5, 0.6) is 0 Å². The summed E-state index contributed by atoms with van der Waals surface area (Å²) in [5.74, 6) is 1.31. The van der Waals surface area contributed by atoms with Gasteiger partial charge in [0, 0.05) is 19.1 Å². The minimum atomic E-state index is 0.0537. The summed E-state index contributed by atoms with van der Waals surface area (Å²) in [6.45, 7) is 12.3. The number of rotatable bonds is 6. The van der Waals surface area contributed by atoms with Crippen molar-refractivity contribution >= 4 is 6.01 Å². The average Bonchev–Trinajstić information content (AvgIpc) is 2.70. The fourth-order valence-electron chi connectivity index (χ4n) is 1.36. The molecule has 0 fully saturated rings. The third-order valence-electron chi connectivity index (χ3n) is 2.59. The fourth-order valence-corrected chi connectivity index (χ4v) is 1.36. The Kier molecular flexibility index (Phi) is 5.14. The summed E-state index contributed by atoms with van der Waals surface area (Å²) in [5.41, 5.74) is 0.0537. The molecule has 1 rings (SSSR count). The Bertz CT molecular complexity index is 354. The first-order valence-electron chi connectivity index (χ1n) is 6.56. The summed E-state index contributed by atoms with van der Waals surface area (Å²) in [5, 5.41) is 11.4. The first-order chi connectivity index (χ1) is 8.28. The van der Waals surface area contributed by atoms with Crippen LogP contribution in [0.1, 0.15) is 46.9 Å². The SMILES string of the molecule is CC(C)CCN(C)c1nnc(CNC(C)(C)C)o1. The van der Waals surface area contributed by atoms with Gasteiger partial charge < -0.3 is 14.6 Å². The molecule has 1 aromatic heterocycles. The Morgan fingerprint density at radius 3 is 2.50 bits per heavy atom. The van der Waals surface area contributed by atoms with Gasteiger partial charge in [0.2, 0.25) is 5.89 Å². The molecule has 0 amide bonds. The molecule has 0 saturated carbocycles. The van der Waals surface area contributed by atoms with Crippen molar-refractivity contribution in [1.82, 2.24) is 15.5 Å². The minimum Gasteiger partial charge on any atom is -0.407 e. The number of aromatic nitrogens is 2. The van der Waals surface area contributed by atoms with Crippen molar-refractivity contribution in [2.45, 2.75) is 53.1 Å². The zero-order chi connectivity index (χ0) is 13.8. The molecule has 0 aliphatic carbocycles. The van der Waals surface area contributed by atoms with Gasteiger partial charge in [-0.2, -0.15) is 0 Å². The zero-order valence-corrected chi connectivity index (χ0v) is 12.4. The number of nitrogens with one attached hydrogen (secondary N) is 1. The molecular weight excluding hydrogens is 228 g/mol. The van der Waals surface area contributed by atoms with E-state index in [0.717, 1.165) is 13.0 Å². The van der Waals surface area contributed by atoms with Gasteiger partial charge in [-0.15, -0.1) is 5.10 Å². The Morgan fingerprint density at radius 1 is 1.28 bits per heavy atom. The highest BCUT2D eigenvalue weighted by atomic mass is 16.4. The third-order valence-corrected chi connectivity index (χ3v) is 2.59. The molecule has 0 aliphatic heterocycles. The molecule has 0 bridgehead atoms. The molecule has 18 heavy (non-hydrogen) atoms. The monoisotopic (exact) mass is 254 g/mol. The molecule has 0 spiro atoms. The van der Waals surface area contributed by atoms with Gasteiger partial charge in [-0.1, -0.05) is 18.9 Å². The van der Waals surface area contributed by atoms with Crippen LogP contribution < -0.4 is 10.2 Å². The van der Waals surface area contributed by atoms with E-state index in [1.807, 2.05) is 11.9 Å². The van der Waals surface area contributed by atoms with Crippen LogP contribution in [0.15, 0.2) is 4.42 Å². The summed E-state index contributed by atoms with van der Waals surface area (Å²) in [6, 6.07) is 0.598. The van der Waals surface area contributed by atoms with E-state index in [-0.39, 0.29) is 5.54 Å². The molecular formula is C13H26N4O. The van der Waals surface area contributed by atoms with Crippen LogP contribution in [0.4, 0.5) is 6.01 Å². The summed E-state index contributed by atoms with van der Waals surface area (Å²) in [4.78, 5) is 2.01. The van der Waals surface area contributed by atoms with E-state index >= 15 is 0 Å². The van der Waals surface area contributed by atoms with E-state index in [1.165, 1.54) is 0 Å². The van der Waals surface area contributed by atoms with Crippen LogP contribution in [-0.2, 0) is 6.54 Å². The summed E-state index contributed by atoms with van der Waals surface area (Å²) in [7, 11) is 1.98. The van der Waals surface area contributed by atoms with Gasteiger partial charge >= 0.3 is 6.01 Å². The second kappa shape index (κ2) is 6.18. The van der Waals surface area contributed by atoms with Crippen LogP contribution in [0.2, 0.25) is 0 Å². The molecule has 1 heterocycles. The first-order valence-corrected chi connectivity index (χ1v) is 6.56. The molecule has 0 unspecified atom stereocenters. The van der Waals surface area contributed by atoms with E-state index in [2.05, 4.69) is 50.1 Å². The third kappa shape index (κ3) is 5.49. The molecule has 0 aliphatic rings. The highest BCUT2D eigenvalue weighted by Crippen LogP contribution is 2.13. The highest BCUT2D eigenvalue weighted by Gasteiger charge is 2.14. The predicted octanol–water partition coefficient (Wildman–Crippen LogP) is 2.44. The topological polar surface area (TPSA) is 54.2 Å². The standard InChI is InChI=1S/C13H26N4O/c1-10(2)7-8-17(6)12-16-15-11(18-12)9-14-13(3,4)5/h10,14H,7-9H2,1-6H3. The molecule has 104 valence electrons. The fraction of sp³-hybridized carbons (Fsp3) is 0.846. The number of nitrogens with zero attached hydrogens (tertiary/aromatic N) is 3. The number of anilines is 1. The highest BCUT2D eigenvalue weighted by molar-refractivity contribution is 5.21. The van der Waals surface area contributed by atoms with Crippen molar-refractivity contribution in [3.63, 3.8) is 0 Å². The Labute approximate surface area is 110 Å². The van der Waals surface area contributed by atoms with E-state index < -0.39 is 0 Å². The van der Waals surface area contributed by atoms with Crippen molar-refractivity contribution in [1.29, 1.82) is 0 Å². The predicted molar refractivity (Wildman–Crippen MR) is 73.6 cm³/mol. The molecule has 0 aromatic carbocycles. The van der Waals surface area contributed by atoms with Gasteiger partial charge in [0.25, 0.3) is 0 Å². The van der Waals surface area contributed by atoms with Crippen LogP contribution in [0.25, 0.3) is 0 Å². The van der Waals surface area contributed by atoms with Crippen LogP contribution in [0.3, 0.4) is 0 Å². The van der Waals surface area contributed by atoms with E-state index in [4.69, 9.17) is 4.42 Å². The molecule has 0 atom stereocenters. The molecule has 0 radical (unpaired) electrons. The second-order valence-electron chi connectivity index (χ2n) is 6.19. The number of hydrogen-bond donors (Lipinski definition) is 1. The van der Waals surface area contributed by atoms with E-state index in [1.54, 1.807) is 0 Å². The lowest BCUT2D eigenvalue weighted by Gasteiger charge is -2.19. The Hall–Kier alpha value is -1.10. The van der Waals surface area contributed by atoms with Crippen LogP contribution >= 0.6 is 0 Å². The summed E-state index contributed by atoms with van der Waals surface area (Å²) >= 11 is 0. The normalized spacial score (nSPS) is 12.2. The second-order valence-corrected chi connectivity index (χ2v) is 6.19. The quantitative estimate of drug-likeness (QED) is 0.845. The largest absolute Gasteiger partial charge is 0.407 e. The lowest BCUT2D eigenvalue weighted by Crippen LogP contribution is -2.35. The van der Waals surface area contributed by atoms with Gasteiger partial charge in [-0.25, -0.2) is 0 Å². The van der Waals surface area contributed by atoms with Crippen molar-refractivity contribution in [2.75, 3.05) is 18.5 Å². The summed E-state index contributed by atoms with van der Waals surface area (Å²) < 4.78 is 5.61. The average molecular weight is 254 g/mol. The molecule has 5 nitrogen and oxygen atoms in total. The first kappa shape index (κ1) is 15.0. The molecule has 5 heteroatoms. The van der Waals surface area contributed by atoms with Crippen LogP contribution in [-0.4, -0.2) is 29.3 Å². The Balaban J connectivity index is 2.47. The lowest BCUT2D eigenvalue weighted by molar-refractivity contribution is 0.381. The van der Waals surface area contributed by atoms with Crippen LogP contribution in [0, 0.1) is 5.92 Å². The van der Waals surface area contributed by atoms with Gasteiger partial charge in [-0.3, -0.25) is 0 Å². The van der Waals surface area contributed by atoms with Crippen molar-refractivity contribution in [2.24, 2.45) is 5.92 Å². The smallest absolute Gasteiger partial charge is 0.317 e. The van der Waals surface area contributed by atoms with E-state index in [9.17, 15) is 0 Å². The molecule has 1 aromatic rings. The lowest BCUT2D eigenvalue weighted by atomic mass is 10.1. The van der Waals surface area contributed by atoms with Gasteiger partial charge in [0.05, 0.1) is 6.54 Å². The molecule has 1 N–H and O–H groups in total. The maximum absolute atomic E-state index is 5.61. The zero-order valence-electron chi connectivity index (χ0n) is 12.4. The van der Waals surface area contributed by atoms with Gasteiger partial charge in [-0.05, 0) is 33.1 Å². The van der Waals surface area contributed by atoms with E-state index in [0.29, 0.717) is 24.4 Å². The minimum absolute atomic E-state index is 0.0537. The Morgan fingerprint density at radius 2 is 1.94 bits per heavy atom. The van der Waals surface area contributed by atoms with Crippen molar-refractivity contribution < 1.29 is 4.42 Å². The maximum atomic E-state index is 5.61. The number of hydrogen-bond acceptors (Lipinski definition) is 5. The van der Waals surface area contributed by atoms with Gasteiger partial charge in [0.1, 0.15) is 0 Å².